The van der Waals surface area contributed by atoms with Crippen molar-refractivity contribution in [2.45, 2.75) is 6.92 Å². The molecule has 0 saturated carbocycles. The van der Waals surface area contributed by atoms with Gasteiger partial charge in [0.2, 0.25) is 0 Å². The molecule has 0 fully saturated rings. The minimum absolute atomic E-state index is 0.961. The van der Waals surface area contributed by atoms with E-state index in [0.29, 0.717) is 0 Å². The lowest BCUT2D eigenvalue weighted by molar-refractivity contribution is 1.10. The molecule has 0 unspecified atom stereocenters. The summed E-state index contributed by atoms with van der Waals surface area (Å²) in [6, 6.07) is 3.96. The van der Waals surface area contributed by atoms with Gasteiger partial charge in [-0.15, -0.1) is 0 Å². The van der Waals surface area contributed by atoms with Crippen LogP contribution in [0.5, 0.6) is 0 Å². The first-order valence-corrected chi connectivity index (χ1v) is 3.52. The molecule has 1 rings (SSSR count). The molecule has 1 aromatic rings. The first-order valence-electron chi connectivity index (χ1n) is 3.52. The predicted octanol–water partition coefficient (Wildman–Crippen LogP) is 1.97. The zero-order chi connectivity index (χ0) is 8.27. The Morgan fingerprint density at radius 2 is 2.36 bits per heavy atom. The SMILES string of the molecule is C=CN(C)c1ncccc1C. The summed E-state index contributed by atoms with van der Waals surface area (Å²) in [5.74, 6) is 0.961. The number of rotatable bonds is 2. The van der Waals surface area contributed by atoms with Crippen LogP contribution in [0.4, 0.5) is 5.82 Å². The highest BCUT2D eigenvalue weighted by Crippen LogP contribution is 2.13. The van der Waals surface area contributed by atoms with Crippen molar-refractivity contribution in [1.82, 2.24) is 4.98 Å². The fourth-order valence-electron chi connectivity index (χ4n) is 0.933. The Labute approximate surface area is 67.2 Å². The Kier molecular flexibility index (Phi) is 2.26. The third kappa shape index (κ3) is 1.58. The van der Waals surface area contributed by atoms with E-state index < -0.39 is 0 Å². The van der Waals surface area contributed by atoms with E-state index in [-0.39, 0.29) is 0 Å². The molecule has 1 aromatic heterocycles. The van der Waals surface area contributed by atoms with E-state index in [1.54, 1.807) is 12.4 Å². The van der Waals surface area contributed by atoms with E-state index in [2.05, 4.69) is 11.6 Å². The average Bonchev–Trinajstić information content (AvgIpc) is 2.04. The lowest BCUT2D eigenvalue weighted by atomic mass is 10.3. The second-order valence-corrected chi connectivity index (χ2v) is 2.44. The summed E-state index contributed by atoms with van der Waals surface area (Å²) in [4.78, 5) is 6.10. The van der Waals surface area contributed by atoms with Gasteiger partial charge in [0.25, 0.3) is 0 Å². The molecule has 0 N–H and O–H groups in total. The van der Waals surface area contributed by atoms with Crippen molar-refractivity contribution >= 4 is 5.82 Å². The van der Waals surface area contributed by atoms with Crippen molar-refractivity contribution < 1.29 is 0 Å². The highest BCUT2D eigenvalue weighted by atomic mass is 15.1. The van der Waals surface area contributed by atoms with Gasteiger partial charge >= 0.3 is 0 Å². The van der Waals surface area contributed by atoms with Gasteiger partial charge in [0.15, 0.2) is 0 Å². The Morgan fingerprint density at radius 1 is 1.64 bits per heavy atom. The molecular weight excluding hydrogens is 136 g/mol. The van der Waals surface area contributed by atoms with Crippen molar-refractivity contribution in [2.24, 2.45) is 0 Å². The van der Waals surface area contributed by atoms with Crippen LogP contribution in [0.3, 0.4) is 0 Å². The zero-order valence-corrected chi connectivity index (χ0v) is 6.91. The van der Waals surface area contributed by atoms with Crippen LogP contribution in [0, 0.1) is 6.92 Å². The van der Waals surface area contributed by atoms with Crippen LogP contribution in [-0.4, -0.2) is 12.0 Å². The molecule has 2 nitrogen and oxygen atoms in total. The van der Waals surface area contributed by atoms with Crippen LogP contribution in [0.1, 0.15) is 5.56 Å². The lowest BCUT2D eigenvalue weighted by Gasteiger charge is -2.13. The molecule has 0 amide bonds. The topological polar surface area (TPSA) is 16.1 Å². The smallest absolute Gasteiger partial charge is 0.135 e. The fourth-order valence-corrected chi connectivity index (χ4v) is 0.933. The first kappa shape index (κ1) is 7.79. The largest absolute Gasteiger partial charge is 0.336 e. The van der Waals surface area contributed by atoms with E-state index in [1.807, 2.05) is 31.0 Å². The van der Waals surface area contributed by atoms with Crippen molar-refractivity contribution in [3.63, 3.8) is 0 Å². The van der Waals surface area contributed by atoms with Crippen LogP contribution in [0.2, 0.25) is 0 Å². The third-order valence-corrected chi connectivity index (χ3v) is 1.59. The molecule has 0 atom stereocenters. The zero-order valence-electron chi connectivity index (χ0n) is 6.91. The first-order chi connectivity index (χ1) is 5.25. The minimum atomic E-state index is 0.961. The molecule has 0 aromatic carbocycles. The molecule has 1 heterocycles. The molecule has 0 aliphatic heterocycles. The number of pyridine rings is 1. The predicted molar refractivity (Wildman–Crippen MR) is 47.6 cm³/mol. The second kappa shape index (κ2) is 3.19. The summed E-state index contributed by atoms with van der Waals surface area (Å²) in [7, 11) is 1.93. The van der Waals surface area contributed by atoms with E-state index in [1.165, 1.54) is 0 Å². The van der Waals surface area contributed by atoms with E-state index in [0.717, 1.165) is 11.4 Å². The molecule has 0 spiro atoms. The van der Waals surface area contributed by atoms with Gasteiger partial charge in [0.05, 0.1) is 0 Å². The van der Waals surface area contributed by atoms with Crippen molar-refractivity contribution in [3.05, 3.63) is 36.7 Å². The molecular formula is C9H12N2. The Bertz CT molecular complexity index is 255. The molecule has 0 aliphatic rings. The molecule has 58 valence electrons. The number of hydrogen-bond acceptors (Lipinski definition) is 2. The number of aromatic nitrogens is 1. The number of hydrogen-bond donors (Lipinski definition) is 0. The van der Waals surface area contributed by atoms with Crippen molar-refractivity contribution in [3.8, 4) is 0 Å². The number of nitrogens with zero attached hydrogens (tertiary/aromatic N) is 2. The maximum atomic E-state index is 4.20. The molecule has 2 heteroatoms. The van der Waals surface area contributed by atoms with Crippen molar-refractivity contribution in [1.29, 1.82) is 0 Å². The fraction of sp³-hybridized carbons (Fsp3) is 0.222. The monoisotopic (exact) mass is 148 g/mol. The van der Waals surface area contributed by atoms with Gasteiger partial charge in [0.1, 0.15) is 5.82 Å². The number of aryl methyl sites for hydroxylation is 1. The molecule has 0 saturated heterocycles. The van der Waals surface area contributed by atoms with Gasteiger partial charge in [-0.2, -0.15) is 0 Å². The summed E-state index contributed by atoms with van der Waals surface area (Å²) < 4.78 is 0. The van der Waals surface area contributed by atoms with Gasteiger partial charge in [-0.3, -0.25) is 0 Å². The minimum Gasteiger partial charge on any atom is -0.336 e. The van der Waals surface area contributed by atoms with Gasteiger partial charge in [-0.05, 0) is 24.8 Å². The summed E-state index contributed by atoms with van der Waals surface area (Å²) in [6.07, 6.45) is 3.53. The second-order valence-electron chi connectivity index (χ2n) is 2.44. The summed E-state index contributed by atoms with van der Waals surface area (Å²) in [5.41, 5.74) is 1.16. The van der Waals surface area contributed by atoms with Gasteiger partial charge in [-0.25, -0.2) is 4.98 Å². The highest BCUT2D eigenvalue weighted by Gasteiger charge is 1.99. The van der Waals surface area contributed by atoms with Crippen LogP contribution in [-0.2, 0) is 0 Å². The van der Waals surface area contributed by atoms with Crippen LogP contribution >= 0.6 is 0 Å². The van der Waals surface area contributed by atoms with Gasteiger partial charge < -0.3 is 4.90 Å². The molecule has 11 heavy (non-hydrogen) atoms. The quantitative estimate of drug-likeness (QED) is 0.637. The average molecular weight is 148 g/mol. The summed E-state index contributed by atoms with van der Waals surface area (Å²) in [6.45, 7) is 5.69. The molecule has 0 bridgehead atoms. The lowest BCUT2D eigenvalue weighted by Crippen LogP contribution is -2.10. The Hall–Kier alpha value is -1.31. The molecule has 0 radical (unpaired) electrons. The van der Waals surface area contributed by atoms with Gasteiger partial charge in [0, 0.05) is 13.2 Å². The Balaban J connectivity index is 3.02. The maximum absolute atomic E-state index is 4.20. The van der Waals surface area contributed by atoms with Crippen LogP contribution in [0.25, 0.3) is 0 Å². The van der Waals surface area contributed by atoms with Crippen LogP contribution in [0.15, 0.2) is 31.1 Å². The maximum Gasteiger partial charge on any atom is 0.135 e. The van der Waals surface area contributed by atoms with Gasteiger partial charge in [-0.1, -0.05) is 12.6 Å². The van der Waals surface area contributed by atoms with E-state index in [9.17, 15) is 0 Å². The van der Waals surface area contributed by atoms with Crippen LogP contribution < -0.4 is 4.90 Å². The summed E-state index contributed by atoms with van der Waals surface area (Å²) in [5, 5.41) is 0. The third-order valence-electron chi connectivity index (χ3n) is 1.59. The van der Waals surface area contributed by atoms with E-state index >= 15 is 0 Å². The Morgan fingerprint density at radius 3 is 2.91 bits per heavy atom. The number of anilines is 1. The van der Waals surface area contributed by atoms with Crippen molar-refractivity contribution in [2.75, 3.05) is 11.9 Å². The van der Waals surface area contributed by atoms with E-state index in [4.69, 9.17) is 0 Å². The normalized spacial score (nSPS) is 9.27. The summed E-state index contributed by atoms with van der Waals surface area (Å²) >= 11 is 0. The molecule has 0 aliphatic carbocycles. The standard InChI is InChI=1S/C9H12N2/c1-4-11(3)9-8(2)6-5-7-10-9/h4-7H,1H2,2-3H3. The highest BCUT2D eigenvalue weighted by molar-refractivity contribution is 5.46.